The van der Waals surface area contributed by atoms with Gasteiger partial charge in [-0.05, 0) is 46.0 Å². The zero-order valence-electron chi connectivity index (χ0n) is 11.5. The minimum absolute atomic E-state index is 0.197. The molecule has 0 aromatic carbocycles. The molecule has 0 amide bonds. The summed E-state index contributed by atoms with van der Waals surface area (Å²) >= 11 is 0. The van der Waals surface area contributed by atoms with E-state index >= 15 is 0 Å². The minimum atomic E-state index is -0.282. The van der Waals surface area contributed by atoms with Gasteiger partial charge in [0, 0.05) is 18.6 Å². The third-order valence-electron chi connectivity index (χ3n) is 3.38. The number of allylic oxidation sites excluding steroid dienone is 1. The van der Waals surface area contributed by atoms with Gasteiger partial charge in [0.25, 0.3) is 0 Å². The summed E-state index contributed by atoms with van der Waals surface area (Å²) in [6, 6.07) is 0. The second-order valence-corrected chi connectivity index (χ2v) is 5.07. The fourth-order valence-corrected chi connectivity index (χ4v) is 1.89. The Balaban J connectivity index is 4.34. The van der Waals surface area contributed by atoms with Crippen LogP contribution >= 0.6 is 0 Å². The lowest BCUT2D eigenvalue weighted by atomic mass is 9.88. The molecule has 1 unspecified atom stereocenters. The van der Waals surface area contributed by atoms with Crippen molar-refractivity contribution in [3.8, 4) is 0 Å². The number of rotatable bonds is 9. The molecule has 0 aliphatic carbocycles. The van der Waals surface area contributed by atoms with Crippen LogP contribution in [0.2, 0.25) is 0 Å². The van der Waals surface area contributed by atoms with Gasteiger partial charge in [-0.15, -0.1) is 0 Å². The molecule has 0 spiro atoms. The summed E-state index contributed by atoms with van der Waals surface area (Å²) in [6.07, 6.45) is 5.73. The molecule has 3 heteroatoms. The van der Waals surface area contributed by atoms with Crippen molar-refractivity contribution in [3.05, 3.63) is 11.1 Å². The van der Waals surface area contributed by atoms with E-state index in [0.717, 1.165) is 38.4 Å². The summed E-state index contributed by atoms with van der Waals surface area (Å²) in [6.45, 7) is 6.43. The fourth-order valence-electron chi connectivity index (χ4n) is 1.89. The van der Waals surface area contributed by atoms with Crippen molar-refractivity contribution in [2.45, 2.75) is 64.8 Å². The maximum absolute atomic E-state index is 10.3. The number of carbonyl (C=O) groups is 1. The Morgan fingerprint density at radius 2 is 2.00 bits per heavy atom. The van der Waals surface area contributed by atoms with Crippen molar-refractivity contribution >= 4 is 6.29 Å². The fraction of sp³-hybridized carbons (Fsp3) is 0.786. The van der Waals surface area contributed by atoms with Crippen LogP contribution in [0, 0.1) is 0 Å². The first-order valence-corrected chi connectivity index (χ1v) is 6.47. The maximum Gasteiger partial charge on any atom is 0.120 e. The van der Waals surface area contributed by atoms with E-state index in [9.17, 15) is 4.79 Å². The first-order valence-electron chi connectivity index (χ1n) is 6.47. The predicted molar refractivity (Wildman–Crippen MR) is 71.8 cm³/mol. The lowest BCUT2D eigenvalue weighted by Crippen LogP contribution is -2.36. The first-order chi connectivity index (χ1) is 7.96. The number of carbonyl (C=O) groups excluding carboxylic acids is 1. The van der Waals surface area contributed by atoms with Crippen molar-refractivity contribution < 1.29 is 9.90 Å². The van der Waals surface area contributed by atoms with Gasteiger partial charge in [-0.3, -0.25) is 0 Å². The standard InChI is InChI=1S/C14H27NO2/c1-4-12(2)13(7-11-17)6-9-14(3,15)8-5-10-16/h10,17H,4-9,11,15H2,1-3H3/b13-12+. The second kappa shape index (κ2) is 8.43. The maximum atomic E-state index is 10.3. The van der Waals surface area contributed by atoms with E-state index in [4.69, 9.17) is 10.8 Å². The molecule has 100 valence electrons. The number of nitrogens with two attached hydrogens (primary N) is 1. The number of aldehydes is 1. The van der Waals surface area contributed by atoms with Crippen LogP contribution in [0.5, 0.6) is 0 Å². The van der Waals surface area contributed by atoms with Gasteiger partial charge in [0.2, 0.25) is 0 Å². The number of hydrogen-bond acceptors (Lipinski definition) is 3. The largest absolute Gasteiger partial charge is 0.396 e. The van der Waals surface area contributed by atoms with E-state index in [1.165, 1.54) is 11.1 Å². The summed E-state index contributed by atoms with van der Waals surface area (Å²) in [5, 5.41) is 9.04. The van der Waals surface area contributed by atoms with Crippen LogP contribution in [-0.4, -0.2) is 23.5 Å². The molecule has 0 bridgehead atoms. The smallest absolute Gasteiger partial charge is 0.120 e. The van der Waals surface area contributed by atoms with Crippen LogP contribution in [0.25, 0.3) is 0 Å². The average molecular weight is 241 g/mol. The molecular formula is C14H27NO2. The molecule has 17 heavy (non-hydrogen) atoms. The molecule has 0 aliphatic rings. The summed E-state index contributed by atoms with van der Waals surface area (Å²) in [5.41, 5.74) is 8.53. The SMILES string of the molecule is CC/C(C)=C(/CCO)CCC(C)(N)CCC=O. The van der Waals surface area contributed by atoms with E-state index in [-0.39, 0.29) is 12.1 Å². The van der Waals surface area contributed by atoms with Gasteiger partial charge in [-0.2, -0.15) is 0 Å². The summed E-state index contributed by atoms with van der Waals surface area (Å²) in [4.78, 5) is 10.3. The average Bonchev–Trinajstić information content (AvgIpc) is 2.31. The highest BCUT2D eigenvalue weighted by Gasteiger charge is 2.18. The van der Waals surface area contributed by atoms with Crippen LogP contribution in [0.4, 0.5) is 0 Å². The van der Waals surface area contributed by atoms with Crippen LogP contribution in [0.1, 0.15) is 59.3 Å². The number of aliphatic hydroxyl groups excluding tert-OH is 1. The van der Waals surface area contributed by atoms with E-state index in [1.807, 2.05) is 6.92 Å². The van der Waals surface area contributed by atoms with Gasteiger partial charge in [-0.25, -0.2) is 0 Å². The monoisotopic (exact) mass is 241 g/mol. The molecule has 0 rings (SSSR count). The molecule has 3 nitrogen and oxygen atoms in total. The van der Waals surface area contributed by atoms with E-state index in [1.54, 1.807) is 0 Å². The topological polar surface area (TPSA) is 63.3 Å². The molecule has 0 radical (unpaired) electrons. The normalized spacial score (nSPS) is 16.3. The quantitative estimate of drug-likeness (QED) is 0.482. The Kier molecular flexibility index (Phi) is 8.09. The third kappa shape index (κ3) is 7.29. The van der Waals surface area contributed by atoms with Crippen molar-refractivity contribution in [1.29, 1.82) is 0 Å². The Morgan fingerprint density at radius 1 is 1.35 bits per heavy atom. The highest BCUT2D eigenvalue weighted by Crippen LogP contribution is 2.23. The molecule has 1 atom stereocenters. The van der Waals surface area contributed by atoms with Crippen LogP contribution in [-0.2, 0) is 4.79 Å². The predicted octanol–water partition coefficient (Wildman–Crippen LogP) is 2.57. The number of hydrogen-bond donors (Lipinski definition) is 2. The lowest BCUT2D eigenvalue weighted by molar-refractivity contribution is -0.108. The molecular weight excluding hydrogens is 214 g/mol. The van der Waals surface area contributed by atoms with E-state index < -0.39 is 0 Å². The molecule has 0 saturated heterocycles. The summed E-state index contributed by atoms with van der Waals surface area (Å²) < 4.78 is 0. The lowest BCUT2D eigenvalue weighted by Gasteiger charge is -2.25. The van der Waals surface area contributed by atoms with Crippen molar-refractivity contribution in [3.63, 3.8) is 0 Å². The van der Waals surface area contributed by atoms with Crippen LogP contribution < -0.4 is 5.73 Å². The first kappa shape index (κ1) is 16.3. The summed E-state index contributed by atoms with van der Waals surface area (Å²) in [5.74, 6) is 0. The van der Waals surface area contributed by atoms with Gasteiger partial charge in [0.1, 0.15) is 6.29 Å². The number of aliphatic hydroxyl groups is 1. The zero-order chi connectivity index (χ0) is 13.3. The Morgan fingerprint density at radius 3 is 2.47 bits per heavy atom. The van der Waals surface area contributed by atoms with Gasteiger partial charge in [-0.1, -0.05) is 18.1 Å². The van der Waals surface area contributed by atoms with Crippen molar-refractivity contribution in [1.82, 2.24) is 0 Å². The van der Waals surface area contributed by atoms with Gasteiger partial charge in [0.15, 0.2) is 0 Å². The molecule has 0 fully saturated rings. The second-order valence-electron chi connectivity index (χ2n) is 5.07. The Bertz CT molecular complexity index is 257. The van der Waals surface area contributed by atoms with E-state index in [2.05, 4.69) is 13.8 Å². The van der Waals surface area contributed by atoms with E-state index in [0.29, 0.717) is 6.42 Å². The van der Waals surface area contributed by atoms with Crippen molar-refractivity contribution in [2.75, 3.05) is 6.61 Å². The Hall–Kier alpha value is -0.670. The molecule has 0 aliphatic heterocycles. The van der Waals surface area contributed by atoms with Gasteiger partial charge >= 0.3 is 0 Å². The summed E-state index contributed by atoms with van der Waals surface area (Å²) in [7, 11) is 0. The zero-order valence-corrected chi connectivity index (χ0v) is 11.5. The van der Waals surface area contributed by atoms with Gasteiger partial charge < -0.3 is 15.6 Å². The highest BCUT2D eigenvalue weighted by molar-refractivity contribution is 5.49. The molecule has 3 N–H and O–H groups in total. The van der Waals surface area contributed by atoms with Crippen LogP contribution in [0.3, 0.4) is 0 Å². The Labute approximate surface area is 105 Å². The molecule has 0 heterocycles. The molecule has 0 aromatic rings. The third-order valence-corrected chi connectivity index (χ3v) is 3.38. The molecule has 0 saturated carbocycles. The molecule has 0 aromatic heterocycles. The minimum Gasteiger partial charge on any atom is -0.396 e. The van der Waals surface area contributed by atoms with Gasteiger partial charge in [0.05, 0.1) is 0 Å². The highest BCUT2D eigenvalue weighted by atomic mass is 16.2. The van der Waals surface area contributed by atoms with Crippen molar-refractivity contribution in [2.24, 2.45) is 5.73 Å². The van der Waals surface area contributed by atoms with Crippen LogP contribution in [0.15, 0.2) is 11.1 Å².